The Balaban J connectivity index is 1.41. The number of amides is 2. The number of anilines is 1. The number of hydrogen-bond acceptors (Lipinski definition) is 2. The topological polar surface area (TPSA) is 44.7 Å². The first-order valence-corrected chi connectivity index (χ1v) is 11.5. The highest BCUT2D eigenvalue weighted by Crippen LogP contribution is 2.37. The summed E-state index contributed by atoms with van der Waals surface area (Å²) in [6.07, 6.45) is 17.7. The van der Waals surface area contributed by atoms with Crippen LogP contribution in [-0.2, 0) is 0 Å². The van der Waals surface area contributed by atoms with Crippen LogP contribution >= 0.6 is 0 Å². The third-order valence-corrected chi connectivity index (χ3v) is 7.12. The number of fused-ring (bicyclic) bond motifs is 1. The molecule has 2 aliphatic carbocycles. The van der Waals surface area contributed by atoms with Gasteiger partial charge in [-0.2, -0.15) is 5.10 Å². The monoisotopic (exact) mass is 381 g/mol. The van der Waals surface area contributed by atoms with Crippen LogP contribution < -0.4 is 5.32 Å². The number of benzene rings is 1. The predicted octanol–water partition coefficient (Wildman–Crippen LogP) is 6.49. The lowest BCUT2D eigenvalue weighted by atomic mass is 9.76. The van der Waals surface area contributed by atoms with Crippen LogP contribution in [-0.4, -0.2) is 23.3 Å². The molecule has 28 heavy (non-hydrogen) atoms. The van der Waals surface area contributed by atoms with Crippen LogP contribution in [0.3, 0.4) is 0 Å². The Bertz CT molecular complexity index is 708. The van der Waals surface area contributed by atoms with Gasteiger partial charge in [0.05, 0.1) is 17.9 Å². The zero-order valence-electron chi connectivity index (χ0n) is 17.3. The zero-order chi connectivity index (χ0) is 19.3. The second-order valence-electron chi connectivity index (χ2n) is 9.14. The van der Waals surface area contributed by atoms with E-state index in [9.17, 15) is 4.79 Å². The zero-order valence-corrected chi connectivity index (χ0v) is 17.3. The molecule has 152 valence electrons. The molecule has 1 N–H and O–H groups in total. The molecular formula is C24H35N3O. The lowest BCUT2D eigenvalue weighted by molar-refractivity contribution is 0.180. The van der Waals surface area contributed by atoms with E-state index in [1.54, 1.807) is 5.01 Å². The van der Waals surface area contributed by atoms with E-state index in [-0.39, 0.29) is 12.1 Å². The van der Waals surface area contributed by atoms with Crippen molar-refractivity contribution >= 4 is 17.9 Å². The number of carbonyl (C=O) groups excluding carboxylic acids is 1. The molecule has 2 atom stereocenters. The standard InChI is InChI=1S/C24H35N3O/c1-18-14-15-21-17-25-27(24(28)26-23(21)16-18)22-12-6-5-10-20(11-7-13-22)19-8-3-2-4-9-19/h14-17,19-20,22H,2-13H2,1H3,(H,26,28). The lowest BCUT2D eigenvalue weighted by Gasteiger charge is -2.30. The highest BCUT2D eigenvalue weighted by atomic mass is 16.2. The van der Waals surface area contributed by atoms with Gasteiger partial charge in [0.1, 0.15) is 0 Å². The SMILES string of the molecule is Cc1ccc2c(c1)NC(=O)N(C1CCCCC(C3CCCCC3)CCC1)N=C2. The third-order valence-electron chi connectivity index (χ3n) is 7.12. The Kier molecular flexibility index (Phi) is 6.33. The van der Waals surface area contributed by atoms with Gasteiger partial charge in [0.25, 0.3) is 0 Å². The van der Waals surface area contributed by atoms with Crippen LogP contribution in [0, 0.1) is 18.8 Å². The van der Waals surface area contributed by atoms with E-state index in [0.29, 0.717) is 0 Å². The molecule has 0 saturated heterocycles. The Labute approximate surface area is 169 Å². The Hall–Kier alpha value is -1.84. The van der Waals surface area contributed by atoms with Crippen molar-refractivity contribution in [1.82, 2.24) is 5.01 Å². The van der Waals surface area contributed by atoms with Crippen LogP contribution in [0.2, 0.25) is 0 Å². The van der Waals surface area contributed by atoms with E-state index in [2.05, 4.69) is 16.5 Å². The van der Waals surface area contributed by atoms with Crippen molar-refractivity contribution in [2.45, 2.75) is 90.0 Å². The average molecular weight is 382 g/mol. The number of hydrogen-bond donors (Lipinski definition) is 1. The van der Waals surface area contributed by atoms with Crippen molar-refractivity contribution < 1.29 is 4.79 Å². The van der Waals surface area contributed by atoms with Gasteiger partial charge >= 0.3 is 6.03 Å². The van der Waals surface area contributed by atoms with Crippen LogP contribution in [0.5, 0.6) is 0 Å². The molecule has 4 nitrogen and oxygen atoms in total. The molecule has 1 aromatic carbocycles. The summed E-state index contributed by atoms with van der Waals surface area (Å²) in [6.45, 7) is 2.05. The second-order valence-corrected chi connectivity index (χ2v) is 9.14. The highest BCUT2D eigenvalue weighted by Gasteiger charge is 2.29. The maximum absolute atomic E-state index is 12.9. The molecule has 0 aromatic heterocycles. The van der Waals surface area contributed by atoms with Crippen molar-refractivity contribution in [1.29, 1.82) is 0 Å². The smallest absolute Gasteiger partial charge is 0.306 e. The molecule has 4 heteroatoms. The summed E-state index contributed by atoms with van der Waals surface area (Å²) in [4.78, 5) is 12.9. The van der Waals surface area contributed by atoms with Crippen LogP contribution in [0.15, 0.2) is 23.3 Å². The highest BCUT2D eigenvalue weighted by molar-refractivity contribution is 5.99. The fraction of sp³-hybridized carbons (Fsp3) is 0.667. The number of rotatable bonds is 2. The van der Waals surface area contributed by atoms with Gasteiger partial charge in [-0.3, -0.25) is 0 Å². The van der Waals surface area contributed by atoms with Crippen LogP contribution in [0.1, 0.15) is 88.2 Å². The largest absolute Gasteiger partial charge is 0.342 e. The third kappa shape index (κ3) is 4.59. The fourth-order valence-corrected chi connectivity index (χ4v) is 5.51. The normalized spacial score (nSPS) is 27.2. The fourth-order valence-electron chi connectivity index (χ4n) is 5.51. The van der Waals surface area contributed by atoms with Crippen molar-refractivity contribution in [2.24, 2.45) is 16.9 Å². The average Bonchev–Trinajstić information content (AvgIpc) is 2.78. The van der Waals surface area contributed by atoms with Crippen LogP contribution in [0.4, 0.5) is 10.5 Å². The first-order valence-electron chi connectivity index (χ1n) is 11.5. The number of nitrogens with one attached hydrogen (secondary N) is 1. The lowest BCUT2D eigenvalue weighted by Crippen LogP contribution is -2.38. The molecule has 2 unspecified atom stereocenters. The minimum absolute atomic E-state index is 0.0753. The summed E-state index contributed by atoms with van der Waals surface area (Å²) >= 11 is 0. The van der Waals surface area contributed by atoms with E-state index in [0.717, 1.165) is 41.5 Å². The Morgan fingerprint density at radius 3 is 2.32 bits per heavy atom. The minimum Gasteiger partial charge on any atom is -0.306 e. The minimum atomic E-state index is -0.0753. The van der Waals surface area contributed by atoms with Gasteiger partial charge in [-0.1, -0.05) is 76.3 Å². The van der Waals surface area contributed by atoms with Gasteiger partial charge in [-0.05, 0) is 43.2 Å². The van der Waals surface area contributed by atoms with E-state index in [1.807, 2.05) is 25.3 Å². The molecule has 0 bridgehead atoms. The molecule has 2 fully saturated rings. The molecule has 1 aliphatic heterocycles. The van der Waals surface area contributed by atoms with Crippen molar-refractivity contribution in [3.63, 3.8) is 0 Å². The summed E-state index contributed by atoms with van der Waals surface area (Å²) in [5.41, 5.74) is 3.01. The van der Waals surface area contributed by atoms with E-state index in [4.69, 9.17) is 0 Å². The number of carbonyl (C=O) groups is 1. The predicted molar refractivity (Wildman–Crippen MR) is 116 cm³/mol. The number of nitrogens with zero attached hydrogens (tertiary/aromatic N) is 2. The molecule has 4 rings (SSSR count). The number of urea groups is 1. The first kappa shape index (κ1) is 19.5. The summed E-state index contributed by atoms with van der Waals surface area (Å²) in [5.74, 6) is 1.87. The van der Waals surface area contributed by atoms with Gasteiger partial charge in [0.15, 0.2) is 0 Å². The summed E-state index contributed by atoms with van der Waals surface area (Å²) in [5, 5.41) is 9.42. The molecule has 1 heterocycles. The number of aryl methyl sites for hydroxylation is 1. The maximum atomic E-state index is 12.9. The summed E-state index contributed by atoms with van der Waals surface area (Å²) in [6, 6.07) is 6.28. The van der Waals surface area contributed by atoms with Gasteiger partial charge < -0.3 is 5.32 Å². The van der Waals surface area contributed by atoms with E-state index >= 15 is 0 Å². The summed E-state index contributed by atoms with van der Waals surface area (Å²) in [7, 11) is 0. The van der Waals surface area contributed by atoms with Gasteiger partial charge in [0, 0.05) is 5.56 Å². The molecular weight excluding hydrogens is 346 g/mol. The van der Waals surface area contributed by atoms with Gasteiger partial charge in [-0.25, -0.2) is 9.80 Å². The Morgan fingerprint density at radius 1 is 0.893 bits per heavy atom. The molecule has 0 spiro atoms. The van der Waals surface area contributed by atoms with Crippen molar-refractivity contribution in [2.75, 3.05) is 5.32 Å². The summed E-state index contributed by atoms with van der Waals surface area (Å²) < 4.78 is 0. The number of hydrazone groups is 1. The Morgan fingerprint density at radius 2 is 1.54 bits per heavy atom. The van der Waals surface area contributed by atoms with Crippen LogP contribution in [0.25, 0.3) is 0 Å². The second kappa shape index (κ2) is 9.11. The van der Waals surface area contributed by atoms with Crippen molar-refractivity contribution in [3.05, 3.63) is 29.3 Å². The molecule has 3 aliphatic rings. The van der Waals surface area contributed by atoms with Gasteiger partial charge in [0.2, 0.25) is 0 Å². The molecule has 2 amide bonds. The maximum Gasteiger partial charge on any atom is 0.342 e. The molecule has 2 saturated carbocycles. The first-order chi connectivity index (χ1) is 13.7. The quantitative estimate of drug-likeness (QED) is 0.625. The van der Waals surface area contributed by atoms with Crippen molar-refractivity contribution in [3.8, 4) is 0 Å². The van der Waals surface area contributed by atoms with Gasteiger partial charge in [-0.15, -0.1) is 0 Å². The van der Waals surface area contributed by atoms with E-state index < -0.39 is 0 Å². The molecule has 0 radical (unpaired) electrons. The van der Waals surface area contributed by atoms with E-state index in [1.165, 1.54) is 64.2 Å². The molecule has 1 aromatic rings.